The van der Waals surface area contributed by atoms with Crippen molar-refractivity contribution in [2.75, 3.05) is 5.73 Å². The highest BCUT2D eigenvalue weighted by molar-refractivity contribution is 5.75. The molecule has 92 valence electrons. The number of anilines is 1. The monoisotopic (exact) mass is 233 g/mol. The summed E-state index contributed by atoms with van der Waals surface area (Å²) in [5.74, 6) is 0. The molecule has 2 aromatic rings. The van der Waals surface area contributed by atoms with Crippen molar-refractivity contribution in [2.24, 2.45) is 7.05 Å². The van der Waals surface area contributed by atoms with Crippen LogP contribution in [0.5, 0.6) is 0 Å². The second-order valence-corrected chi connectivity index (χ2v) is 4.37. The number of aryl methyl sites for hydroxylation is 3. The number of aromatic nitrogens is 4. The van der Waals surface area contributed by atoms with Crippen molar-refractivity contribution in [1.82, 2.24) is 19.6 Å². The van der Waals surface area contributed by atoms with Gasteiger partial charge < -0.3 is 5.73 Å². The lowest BCUT2D eigenvalue weighted by atomic mass is 10.1. The summed E-state index contributed by atoms with van der Waals surface area (Å²) in [6.45, 7) is 7.04. The van der Waals surface area contributed by atoms with E-state index in [1.807, 2.05) is 36.5 Å². The molecule has 0 amide bonds. The maximum Gasteiger partial charge on any atom is 0.119 e. The predicted molar refractivity (Wildman–Crippen MR) is 68.6 cm³/mol. The van der Waals surface area contributed by atoms with Crippen LogP contribution in [-0.2, 0) is 13.6 Å². The molecule has 0 radical (unpaired) electrons. The van der Waals surface area contributed by atoms with Crippen LogP contribution in [0.2, 0.25) is 0 Å². The number of nitrogen functional groups attached to an aromatic ring is 1. The van der Waals surface area contributed by atoms with E-state index in [1.165, 1.54) is 0 Å². The minimum Gasteiger partial charge on any atom is -0.396 e. The average molecular weight is 233 g/mol. The molecular formula is C12H19N5. The van der Waals surface area contributed by atoms with E-state index in [2.05, 4.69) is 17.1 Å². The fraction of sp³-hybridized carbons (Fsp3) is 0.500. The first kappa shape index (κ1) is 11.7. The van der Waals surface area contributed by atoms with E-state index in [1.54, 1.807) is 0 Å². The van der Waals surface area contributed by atoms with Gasteiger partial charge in [0.1, 0.15) is 5.69 Å². The van der Waals surface area contributed by atoms with Crippen molar-refractivity contribution in [3.05, 3.63) is 17.6 Å². The van der Waals surface area contributed by atoms with Crippen molar-refractivity contribution in [3.63, 3.8) is 0 Å². The summed E-state index contributed by atoms with van der Waals surface area (Å²) < 4.78 is 3.76. The minimum atomic E-state index is 0.720. The fourth-order valence-corrected chi connectivity index (χ4v) is 2.09. The van der Waals surface area contributed by atoms with E-state index in [0.717, 1.165) is 41.3 Å². The molecule has 0 aliphatic heterocycles. The Morgan fingerprint density at radius 2 is 2.00 bits per heavy atom. The molecule has 0 bridgehead atoms. The van der Waals surface area contributed by atoms with Crippen molar-refractivity contribution in [1.29, 1.82) is 0 Å². The van der Waals surface area contributed by atoms with E-state index in [0.29, 0.717) is 0 Å². The second-order valence-electron chi connectivity index (χ2n) is 4.37. The van der Waals surface area contributed by atoms with Crippen molar-refractivity contribution >= 4 is 5.69 Å². The third-order valence-corrected chi connectivity index (χ3v) is 2.99. The molecule has 5 heteroatoms. The Morgan fingerprint density at radius 3 is 2.53 bits per heavy atom. The van der Waals surface area contributed by atoms with Crippen molar-refractivity contribution in [3.8, 4) is 11.3 Å². The van der Waals surface area contributed by atoms with Crippen LogP contribution in [0, 0.1) is 13.8 Å². The predicted octanol–water partition coefficient (Wildman–Crippen LogP) is 1.89. The van der Waals surface area contributed by atoms with Gasteiger partial charge in [0.05, 0.1) is 11.4 Å². The van der Waals surface area contributed by atoms with E-state index < -0.39 is 0 Å². The molecule has 0 unspecified atom stereocenters. The molecule has 0 fully saturated rings. The van der Waals surface area contributed by atoms with Gasteiger partial charge in [-0.05, 0) is 20.3 Å². The van der Waals surface area contributed by atoms with Gasteiger partial charge >= 0.3 is 0 Å². The van der Waals surface area contributed by atoms with Gasteiger partial charge in [-0.2, -0.15) is 10.2 Å². The summed E-state index contributed by atoms with van der Waals surface area (Å²) in [5, 5.41) is 8.94. The number of nitrogens with two attached hydrogens (primary N) is 1. The van der Waals surface area contributed by atoms with E-state index in [-0.39, 0.29) is 0 Å². The van der Waals surface area contributed by atoms with Crippen LogP contribution in [0.3, 0.4) is 0 Å². The summed E-state index contributed by atoms with van der Waals surface area (Å²) in [6.07, 6.45) is 2.94. The van der Waals surface area contributed by atoms with Crippen LogP contribution in [0.4, 0.5) is 5.69 Å². The van der Waals surface area contributed by atoms with Gasteiger partial charge in [-0.25, -0.2) is 0 Å². The van der Waals surface area contributed by atoms with E-state index >= 15 is 0 Å². The highest BCUT2D eigenvalue weighted by Crippen LogP contribution is 2.29. The molecule has 17 heavy (non-hydrogen) atoms. The quantitative estimate of drug-likeness (QED) is 0.880. The largest absolute Gasteiger partial charge is 0.396 e. The molecule has 0 saturated carbocycles. The fourth-order valence-electron chi connectivity index (χ4n) is 2.09. The van der Waals surface area contributed by atoms with Crippen LogP contribution in [-0.4, -0.2) is 19.6 Å². The third kappa shape index (κ3) is 1.92. The molecule has 5 nitrogen and oxygen atoms in total. The molecule has 2 aromatic heterocycles. The summed E-state index contributed by atoms with van der Waals surface area (Å²) in [7, 11) is 1.94. The lowest BCUT2D eigenvalue weighted by Crippen LogP contribution is -1.97. The Morgan fingerprint density at radius 1 is 1.29 bits per heavy atom. The molecule has 0 aliphatic carbocycles. The molecule has 2 rings (SSSR count). The van der Waals surface area contributed by atoms with Crippen molar-refractivity contribution < 1.29 is 0 Å². The summed E-state index contributed by atoms with van der Waals surface area (Å²) in [6, 6.07) is 0. The lowest BCUT2D eigenvalue weighted by Gasteiger charge is -1.99. The first-order valence-corrected chi connectivity index (χ1v) is 5.88. The van der Waals surface area contributed by atoms with Crippen LogP contribution < -0.4 is 5.73 Å². The van der Waals surface area contributed by atoms with Crippen LogP contribution in [0.25, 0.3) is 11.3 Å². The molecular weight excluding hydrogens is 214 g/mol. The van der Waals surface area contributed by atoms with Crippen LogP contribution >= 0.6 is 0 Å². The van der Waals surface area contributed by atoms with Gasteiger partial charge in [-0.1, -0.05) is 6.92 Å². The zero-order chi connectivity index (χ0) is 12.6. The Bertz CT molecular complexity index is 535. The third-order valence-electron chi connectivity index (χ3n) is 2.99. The first-order chi connectivity index (χ1) is 8.04. The van der Waals surface area contributed by atoms with Crippen molar-refractivity contribution in [2.45, 2.75) is 33.7 Å². The Balaban J connectivity index is 2.52. The Hall–Kier alpha value is -1.78. The summed E-state index contributed by atoms with van der Waals surface area (Å²) >= 11 is 0. The van der Waals surface area contributed by atoms with E-state index in [4.69, 9.17) is 5.73 Å². The molecule has 0 spiro atoms. The van der Waals surface area contributed by atoms with Gasteiger partial charge in [0, 0.05) is 31.0 Å². The maximum atomic E-state index is 6.03. The van der Waals surface area contributed by atoms with Gasteiger partial charge in [0.15, 0.2) is 0 Å². The summed E-state index contributed by atoms with van der Waals surface area (Å²) in [5.41, 5.74) is 10.7. The first-order valence-electron chi connectivity index (χ1n) is 5.88. The zero-order valence-corrected chi connectivity index (χ0v) is 10.9. The highest BCUT2D eigenvalue weighted by atomic mass is 15.3. The number of rotatable bonds is 3. The number of hydrogen-bond acceptors (Lipinski definition) is 3. The molecule has 0 saturated heterocycles. The van der Waals surface area contributed by atoms with Crippen LogP contribution in [0.15, 0.2) is 6.20 Å². The lowest BCUT2D eigenvalue weighted by molar-refractivity contribution is 0.604. The maximum absolute atomic E-state index is 6.03. The highest BCUT2D eigenvalue weighted by Gasteiger charge is 2.17. The van der Waals surface area contributed by atoms with Gasteiger partial charge in [0.25, 0.3) is 0 Å². The van der Waals surface area contributed by atoms with Gasteiger partial charge in [0.2, 0.25) is 0 Å². The minimum absolute atomic E-state index is 0.720. The standard InChI is InChI=1S/C12H19N5/c1-5-6-17-7-10(13)12(15-17)11-8(2)14-16(4)9(11)3/h7H,5-6,13H2,1-4H3. The molecule has 0 atom stereocenters. The zero-order valence-electron chi connectivity index (χ0n) is 10.9. The number of nitrogens with zero attached hydrogens (tertiary/aromatic N) is 4. The number of hydrogen-bond donors (Lipinski definition) is 1. The second kappa shape index (κ2) is 4.24. The van der Waals surface area contributed by atoms with Gasteiger partial charge in [-0.15, -0.1) is 0 Å². The normalized spacial score (nSPS) is 11.1. The Labute approximate surface area is 101 Å². The smallest absolute Gasteiger partial charge is 0.119 e. The molecule has 2 heterocycles. The molecule has 2 N–H and O–H groups in total. The van der Waals surface area contributed by atoms with E-state index in [9.17, 15) is 0 Å². The SMILES string of the molecule is CCCn1cc(N)c(-c2c(C)nn(C)c2C)n1. The molecule has 0 aromatic carbocycles. The Kier molecular flexibility index (Phi) is 2.92. The van der Waals surface area contributed by atoms with Gasteiger partial charge in [-0.3, -0.25) is 9.36 Å². The summed E-state index contributed by atoms with van der Waals surface area (Å²) in [4.78, 5) is 0. The molecule has 0 aliphatic rings. The van der Waals surface area contributed by atoms with Crippen LogP contribution in [0.1, 0.15) is 24.7 Å². The average Bonchev–Trinajstić information content (AvgIpc) is 2.71. The topological polar surface area (TPSA) is 61.7 Å².